The first-order chi connectivity index (χ1) is 13.8. The highest BCUT2D eigenvalue weighted by atomic mass is 32.2. The predicted molar refractivity (Wildman–Crippen MR) is 115 cm³/mol. The molecule has 6 nitrogen and oxygen atoms in total. The monoisotopic (exact) mass is 395 g/mol. The van der Waals surface area contributed by atoms with Crippen molar-refractivity contribution in [2.24, 2.45) is 4.99 Å². The van der Waals surface area contributed by atoms with Crippen molar-refractivity contribution in [2.45, 2.75) is 44.3 Å². The van der Waals surface area contributed by atoms with Crippen molar-refractivity contribution in [2.75, 3.05) is 17.7 Å². The number of fused-ring (bicyclic) bond motifs is 1. The highest BCUT2D eigenvalue weighted by molar-refractivity contribution is 8.14. The largest absolute Gasteiger partial charge is 0.394 e. The summed E-state index contributed by atoms with van der Waals surface area (Å²) in [7, 11) is 0. The molecule has 2 aliphatic rings. The van der Waals surface area contributed by atoms with E-state index in [0.29, 0.717) is 6.04 Å². The van der Waals surface area contributed by atoms with Gasteiger partial charge in [0.2, 0.25) is 0 Å². The molecular weight excluding hydrogens is 370 g/mol. The highest BCUT2D eigenvalue weighted by Crippen LogP contribution is 2.32. The van der Waals surface area contributed by atoms with E-state index in [0.717, 1.165) is 28.6 Å². The summed E-state index contributed by atoms with van der Waals surface area (Å²) in [6.45, 7) is 0.865. The molecule has 0 saturated heterocycles. The average Bonchev–Trinajstić information content (AvgIpc) is 3.48. The molecule has 0 bridgehead atoms. The van der Waals surface area contributed by atoms with Crippen LogP contribution in [0, 0.1) is 0 Å². The molecule has 3 heterocycles. The lowest BCUT2D eigenvalue weighted by Crippen LogP contribution is -2.15. The molecule has 2 aromatic heterocycles. The standard InChI is InChI=1S/C21H25N5OS/c27-12-17-13-28-21(24-17)19-10-15-8-14(11-26-7-3-6-22-26)9-18(20(15)25-19)23-16-4-1-2-5-16/h3,6-10,16-17,23,25,27H,1-2,4-5,11-13H2. The fourth-order valence-corrected chi connectivity index (χ4v) is 5.17. The van der Waals surface area contributed by atoms with Gasteiger partial charge in [0.1, 0.15) is 5.04 Å². The highest BCUT2D eigenvalue weighted by Gasteiger charge is 2.22. The van der Waals surface area contributed by atoms with Gasteiger partial charge in [-0.15, -0.1) is 11.8 Å². The minimum absolute atomic E-state index is 0.0119. The fraction of sp³-hybridized carbons (Fsp3) is 0.429. The number of aromatic amines is 1. The lowest BCUT2D eigenvalue weighted by atomic mass is 10.1. The summed E-state index contributed by atoms with van der Waals surface area (Å²) in [5.41, 5.74) is 4.58. The number of nitrogens with one attached hydrogen (secondary N) is 2. The summed E-state index contributed by atoms with van der Waals surface area (Å²) in [6, 6.07) is 9.19. The van der Waals surface area contributed by atoms with E-state index < -0.39 is 0 Å². The molecule has 1 aliphatic carbocycles. The molecular formula is C21H25N5OS. The number of rotatable bonds is 6. The number of hydrogen-bond donors (Lipinski definition) is 3. The van der Waals surface area contributed by atoms with E-state index in [1.54, 1.807) is 11.8 Å². The summed E-state index contributed by atoms with van der Waals surface area (Å²) in [5.74, 6) is 0.846. The van der Waals surface area contributed by atoms with E-state index in [1.807, 2.05) is 23.1 Å². The minimum Gasteiger partial charge on any atom is -0.394 e. The van der Waals surface area contributed by atoms with Crippen LogP contribution in [0.4, 0.5) is 5.69 Å². The summed E-state index contributed by atoms with van der Waals surface area (Å²) in [4.78, 5) is 8.24. The maximum absolute atomic E-state index is 9.38. The topological polar surface area (TPSA) is 78.2 Å². The molecule has 1 fully saturated rings. The summed E-state index contributed by atoms with van der Waals surface area (Å²) >= 11 is 1.71. The zero-order valence-corrected chi connectivity index (χ0v) is 16.6. The van der Waals surface area contributed by atoms with Crippen molar-refractivity contribution in [3.05, 3.63) is 47.9 Å². The van der Waals surface area contributed by atoms with Crippen LogP contribution in [-0.4, -0.2) is 49.4 Å². The van der Waals surface area contributed by atoms with Gasteiger partial charge < -0.3 is 15.4 Å². The number of benzene rings is 1. The van der Waals surface area contributed by atoms with Gasteiger partial charge in [0.05, 0.1) is 36.1 Å². The van der Waals surface area contributed by atoms with Gasteiger partial charge >= 0.3 is 0 Å². The van der Waals surface area contributed by atoms with Crippen LogP contribution in [0.2, 0.25) is 0 Å². The Kier molecular flexibility index (Phi) is 4.86. The molecule has 3 N–H and O–H groups in total. The Hall–Kier alpha value is -2.25. The molecule has 3 aromatic rings. The second kappa shape index (κ2) is 7.64. The Balaban J connectivity index is 1.53. The van der Waals surface area contributed by atoms with Gasteiger partial charge in [-0.05, 0) is 42.7 Å². The molecule has 0 radical (unpaired) electrons. The van der Waals surface area contributed by atoms with E-state index >= 15 is 0 Å². The third-order valence-electron chi connectivity index (χ3n) is 5.56. The van der Waals surface area contributed by atoms with Crippen LogP contribution < -0.4 is 5.32 Å². The van der Waals surface area contributed by atoms with Crippen LogP contribution >= 0.6 is 11.8 Å². The molecule has 1 unspecified atom stereocenters. The van der Waals surface area contributed by atoms with Gasteiger partial charge in [-0.2, -0.15) is 5.10 Å². The predicted octanol–water partition coefficient (Wildman–Crippen LogP) is 3.62. The Bertz CT molecular complexity index is 988. The number of thioether (sulfide) groups is 1. The third-order valence-corrected chi connectivity index (χ3v) is 6.71. The molecule has 7 heteroatoms. The van der Waals surface area contributed by atoms with Crippen LogP contribution in [0.3, 0.4) is 0 Å². The zero-order chi connectivity index (χ0) is 18.9. The molecule has 5 rings (SSSR count). The maximum atomic E-state index is 9.38. The number of aromatic nitrogens is 3. The molecule has 0 spiro atoms. The molecule has 1 atom stereocenters. The first-order valence-electron chi connectivity index (χ1n) is 10.00. The number of aliphatic imine (C=N–C) groups is 1. The number of aliphatic hydroxyl groups excluding tert-OH is 1. The normalized spacial score (nSPS) is 20.2. The van der Waals surface area contributed by atoms with Crippen molar-refractivity contribution >= 4 is 33.4 Å². The van der Waals surface area contributed by atoms with Crippen molar-refractivity contribution in [3.63, 3.8) is 0 Å². The average molecular weight is 396 g/mol. The van der Waals surface area contributed by atoms with Gasteiger partial charge in [-0.1, -0.05) is 12.8 Å². The molecule has 1 aromatic carbocycles. The van der Waals surface area contributed by atoms with Gasteiger partial charge in [0.25, 0.3) is 0 Å². The Morgan fingerprint density at radius 2 is 2.14 bits per heavy atom. The Morgan fingerprint density at radius 1 is 1.25 bits per heavy atom. The first-order valence-corrected chi connectivity index (χ1v) is 11.0. The third kappa shape index (κ3) is 3.56. The van der Waals surface area contributed by atoms with E-state index in [1.165, 1.54) is 42.3 Å². The van der Waals surface area contributed by atoms with Gasteiger partial charge in [-0.3, -0.25) is 9.67 Å². The van der Waals surface area contributed by atoms with E-state index in [2.05, 4.69) is 38.6 Å². The Morgan fingerprint density at radius 3 is 2.89 bits per heavy atom. The molecule has 1 aliphatic heterocycles. The summed E-state index contributed by atoms with van der Waals surface area (Å²) in [6.07, 6.45) is 8.89. The van der Waals surface area contributed by atoms with Crippen molar-refractivity contribution in [1.82, 2.24) is 14.8 Å². The van der Waals surface area contributed by atoms with Gasteiger partial charge in [0.15, 0.2) is 0 Å². The van der Waals surface area contributed by atoms with Gasteiger partial charge in [0, 0.05) is 29.6 Å². The number of hydrogen-bond acceptors (Lipinski definition) is 5. The first kappa shape index (κ1) is 17.8. The van der Waals surface area contributed by atoms with E-state index in [-0.39, 0.29) is 12.6 Å². The molecule has 146 valence electrons. The SMILES string of the molecule is OCC1CSC(c2cc3cc(Cn4cccn4)cc(NC4CCCC4)c3[nH]2)=N1. The number of nitrogens with zero attached hydrogens (tertiary/aromatic N) is 3. The van der Waals surface area contributed by atoms with Gasteiger partial charge in [-0.25, -0.2) is 0 Å². The second-order valence-corrected chi connectivity index (χ2v) is 8.71. The van der Waals surface area contributed by atoms with Crippen LogP contribution in [0.1, 0.15) is 36.9 Å². The van der Waals surface area contributed by atoms with Crippen LogP contribution in [-0.2, 0) is 6.54 Å². The minimum atomic E-state index is 0.0119. The number of H-pyrrole nitrogens is 1. The molecule has 28 heavy (non-hydrogen) atoms. The van der Waals surface area contributed by atoms with E-state index in [9.17, 15) is 5.11 Å². The van der Waals surface area contributed by atoms with E-state index in [4.69, 9.17) is 0 Å². The lowest BCUT2D eigenvalue weighted by Gasteiger charge is -2.16. The number of aliphatic hydroxyl groups is 1. The van der Waals surface area contributed by atoms with Crippen molar-refractivity contribution in [3.8, 4) is 0 Å². The summed E-state index contributed by atoms with van der Waals surface area (Å²) in [5, 5.41) is 19.7. The van der Waals surface area contributed by atoms with Crippen LogP contribution in [0.5, 0.6) is 0 Å². The van der Waals surface area contributed by atoms with Crippen molar-refractivity contribution in [1.29, 1.82) is 0 Å². The smallest absolute Gasteiger partial charge is 0.115 e. The number of anilines is 1. The zero-order valence-electron chi connectivity index (χ0n) is 15.8. The molecule has 1 saturated carbocycles. The fourth-order valence-electron chi connectivity index (χ4n) is 4.15. The lowest BCUT2D eigenvalue weighted by molar-refractivity contribution is 0.277. The maximum Gasteiger partial charge on any atom is 0.115 e. The van der Waals surface area contributed by atoms with Crippen molar-refractivity contribution < 1.29 is 5.11 Å². The van der Waals surface area contributed by atoms with Crippen LogP contribution in [0.25, 0.3) is 10.9 Å². The molecule has 0 amide bonds. The summed E-state index contributed by atoms with van der Waals surface area (Å²) < 4.78 is 1.96. The quantitative estimate of drug-likeness (QED) is 0.596. The Labute approximate surface area is 168 Å². The van der Waals surface area contributed by atoms with Crippen LogP contribution in [0.15, 0.2) is 41.7 Å². The second-order valence-electron chi connectivity index (χ2n) is 7.70.